The number of aryl methyl sites for hydroxylation is 1. The molecule has 0 aliphatic heterocycles. The van der Waals surface area contributed by atoms with Crippen molar-refractivity contribution < 1.29 is 0 Å². The second kappa shape index (κ2) is 4.60. The first-order valence-electron chi connectivity index (χ1n) is 5.82. The summed E-state index contributed by atoms with van der Waals surface area (Å²) in [6.45, 7) is 2.04. The molecule has 1 N–H and O–H groups in total. The average molecular weight is 205 g/mol. The summed E-state index contributed by atoms with van der Waals surface area (Å²) in [7, 11) is 1.92. The first-order chi connectivity index (χ1) is 7.31. The second-order valence-electron chi connectivity index (χ2n) is 4.34. The van der Waals surface area contributed by atoms with Crippen LogP contribution in [0.3, 0.4) is 0 Å². The summed E-state index contributed by atoms with van der Waals surface area (Å²) in [5.41, 5.74) is 1.12. The molecule has 0 spiro atoms. The van der Waals surface area contributed by atoms with Crippen molar-refractivity contribution in [3.8, 4) is 0 Å². The monoisotopic (exact) mass is 205 g/mol. The molecule has 1 heterocycles. The highest BCUT2D eigenvalue weighted by molar-refractivity contribution is 5.41. The van der Waals surface area contributed by atoms with Crippen molar-refractivity contribution in [3.63, 3.8) is 0 Å². The minimum atomic E-state index is 0.589. The quantitative estimate of drug-likeness (QED) is 0.806. The van der Waals surface area contributed by atoms with Gasteiger partial charge in [-0.2, -0.15) is 0 Å². The van der Waals surface area contributed by atoms with Crippen molar-refractivity contribution >= 4 is 5.82 Å². The lowest BCUT2D eigenvalue weighted by Gasteiger charge is -2.20. The maximum absolute atomic E-state index is 4.59. The van der Waals surface area contributed by atoms with Crippen LogP contribution < -0.4 is 5.32 Å². The zero-order chi connectivity index (χ0) is 10.7. The highest BCUT2D eigenvalue weighted by Crippen LogP contribution is 2.31. The number of nitrogens with one attached hydrogen (secondary N) is 1. The van der Waals surface area contributed by atoms with E-state index in [9.17, 15) is 0 Å². The van der Waals surface area contributed by atoms with E-state index in [0.29, 0.717) is 5.92 Å². The molecule has 0 amide bonds. The van der Waals surface area contributed by atoms with E-state index in [4.69, 9.17) is 0 Å². The summed E-state index contributed by atoms with van der Waals surface area (Å²) in [6.07, 6.45) is 8.48. The molecular formula is C12H19N3. The fraction of sp³-hybridized carbons (Fsp3) is 0.667. The maximum Gasteiger partial charge on any atom is 0.133 e. The lowest BCUT2D eigenvalue weighted by atomic mass is 9.88. The molecule has 1 aromatic rings. The van der Waals surface area contributed by atoms with Crippen LogP contribution in [0.1, 0.15) is 49.4 Å². The van der Waals surface area contributed by atoms with Gasteiger partial charge in [-0.15, -0.1) is 0 Å². The van der Waals surface area contributed by atoms with Crippen molar-refractivity contribution in [2.75, 3.05) is 12.4 Å². The van der Waals surface area contributed by atoms with Crippen LogP contribution in [0.15, 0.2) is 6.20 Å². The fourth-order valence-electron chi connectivity index (χ4n) is 2.27. The minimum Gasteiger partial charge on any atom is -0.373 e. The van der Waals surface area contributed by atoms with Crippen LogP contribution >= 0.6 is 0 Å². The number of aromatic nitrogens is 2. The van der Waals surface area contributed by atoms with Gasteiger partial charge in [0.1, 0.15) is 11.6 Å². The Hall–Kier alpha value is -1.12. The molecule has 0 radical (unpaired) electrons. The van der Waals surface area contributed by atoms with Gasteiger partial charge in [0.05, 0.1) is 0 Å². The first kappa shape index (κ1) is 10.4. The third-order valence-corrected chi connectivity index (χ3v) is 3.20. The zero-order valence-corrected chi connectivity index (χ0v) is 9.58. The van der Waals surface area contributed by atoms with E-state index in [0.717, 1.165) is 17.2 Å². The van der Waals surface area contributed by atoms with E-state index in [2.05, 4.69) is 15.3 Å². The number of hydrogen-bond acceptors (Lipinski definition) is 3. The van der Waals surface area contributed by atoms with Crippen LogP contribution in [-0.4, -0.2) is 17.0 Å². The van der Waals surface area contributed by atoms with Gasteiger partial charge in [-0.05, 0) is 19.8 Å². The molecule has 1 aliphatic rings. The average Bonchev–Trinajstić information content (AvgIpc) is 2.31. The summed E-state index contributed by atoms with van der Waals surface area (Å²) in [6, 6.07) is 0. The molecule has 0 aromatic carbocycles. The van der Waals surface area contributed by atoms with Crippen molar-refractivity contribution in [2.24, 2.45) is 0 Å². The first-order valence-corrected chi connectivity index (χ1v) is 5.82. The van der Waals surface area contributed by atoms with E-state index >= 15 is 0 Å². The zero-order valence-electron chi connectivity index (χ0n) is 9.58. The standard InChI is InChI=1S/C12H19N3/c1-9-8-14-12(15-11(9)13-2)10-6-4-3-5-7-10/h8,10H,3-7H2,1-2H3,(H,13,14,15). The minimum absolute atomic E-state index is 0.589. The Morgan fingerprint density at radius 1 is 1.27 bits per heavy atom. The summed E-state index contributed by atoms with van der Waals surface area (Å²) in [4.78, 5) is 9.05. The van der Waals surface area contributed by atoms with Crippen molar-refractivity contribution in [3.05, 3.63) is 17.6 Å². The Kier molecular flexibility index (Phi) is 3.19. The Morgan fingerprint density at radius 3 is 2.67 bits per heavy atom. The van der Waals surface area contributed by atoms with E-state index < -0.39 is 0 Å². The van der Waals surface area contributed by atoms with E-state index in [1.54, 1.807) is 0 Å². The van der Waals surface area contributed by atoms with Crippen molar-refractivity contribution in [2.45, 2.75) is 44.9 Å². The molecule has 1 aromatic heterocycles. The van der Waals surface area contributed by atoms with Crippen LogP contribution in [0.25, 0.3) is 0 Å². The molecule has 1 aliphatic carbocycles. The Labute approximate surface area is 91.3 Å². The Balaban J connectivity index is 2.20. The van der Waals surface area contributed by atoms with Gasteiger partial charge in [0.2, 0.25) is 0 Å². The van der Waals surface area contributed by atoms with Gasteiger partial charge in [-0.1, -0.05) is 19.3 Å². The van der Waals surface area contributed by atoms with Crippen molar-refractivity contribution in [1.29, 1.82) is 0 Å². The van der Waals surface area contributed by atoms with Crippen LogP contribution in [0.2, 0.25) is 0 Å². The topological polar surface area (TPSA) is 37.8 Å². The predicted octanol–water partition coefficient (Wildman–Crippen LogP) is 2.87. The van der Waals surface area contributed by atoms with Gasteiger partial charge >= 0.3 is 0 Å². The predicted molar refractivity (Wildman–Crippen MR) is 62.1 cm³/mol. The molecule has 1 fully saturated rings. The maximum atomic E-state index is 4.59. The number of nitrogens with zero attached hydrogens (tertiary/aromatic N) is 2. The largest absolute Gasteiger partial charge is 0.373 e. The molecule has 3 heteroatoms. The summed E-state index contributed by atoms with van der Waals surface area (Å²) < 4.78 is 0. The number of rotatable bonds is 2. The molecule has 0 bridgehead atoms. The smallest absolute Gasteiger partial charge is 0.133 e. The lowest BCUT2D eigenvalue weighted by Crippen LogP contribution is -2.10. The summed E-state index contributed by atoms with van der Waals surface area (Å²) >= 11 is 0. The van der Waals surface area contributed by atoms with Gasteiger partial charge in [0.15, 0.2) is 0 Å². The molecule has 15 heavy (non-hydrogen) atoms. The molecular weight excluding hydrogens is 186 g/mol. The molecule has 3 nitrogen and oxygen atoms in total. The van der Waals surface area contributed by atoms with Gasteiger partial charge in [-0.25, -0.2) is 9.97 Å². The third kappa shape index (κ3) is 2.28. The summed E-state index contributed by atoms with van der Waals surface area (Å²) in [5.74, 6) is 2.60. The van der Waals surface area contributed by atoms with E-state index in [1.165, 1.54) is 32.1 Å². The molecule has 2 rings (SSSR count). The highest BCUT2D eigenvalue weighted by atomic mass is 15.0. The Morgan fingerprint density at radius 2 is 2.00 bits per heavy atom. The number of hydrogen-bond donors (Lipinski definition) is 1. The third-order valence-electron chi connectivity index (χ3n) is 3.20. The molecule has 0 unspecified atom stereocenters. The second-order valence-corrected chi connectivity index (χ2v) is 4.34. The fourth-order valence-corrected chi connectivity index (χ4v) is 2.27. The molecule has 0 atom stereocenters. The lowest BCUT2D eigenvalue weighted by molar-refractivity contribution is 0.428. The SMILES string of the molecule is CNc1nc(C2CCCCC2)ncc1C. The van der Waals surface area contributed by atoms with Gasteiger partial charge in [-0.3, -0.25) is 0 Å². The van der Waals surface area contributed by atoms with E-state index in [1.807, 2.05) is 20.2 Å². The van der Waals surface area contributed by atoms with Crippen molar-refractivity contribution in [1.82, 2.24) is 9.97 Å². The van der Waals surface area contributed by atoms with Crippen LogP contribution in [0, 0.1) is 6.92 Å². The normalized spacial score (nSPS) is 17.7. The van der Waals surface area contributed by atoms with Crippen LogP contribution in [0.4, 0.5) is 5.82 Å². The van der Waals surface area contributed by atoms with Crippen LogP contribution in [-0.2, 0) is 0 Å². The van der Waals surface area contributed by atoms with Gasteiger partial charge < -0.3 is 5.32 Å². The van der Waals surface area contributed by atoms with Crippen LogP contribution in [0.5, 0.6) is 0 Å². The van der Waals surface area contributed by atoms with Gasteiger partial charge in [0.25, 0.3) is 0 Å². The van der Waals surface area contributed by atoms with Gasteiger partial charge in [0, 0.05) is 24.7 Å². The molecule has 1 saturated carbocycles. The highest BCUT2D eigenvalue weighted by Gasteiger charge is 2.18. The van der Waals surface area contributed by atoms with E-state index in [-0.39, 0.29) is 0 Å². The number of anilines is 1. The molecule has 82 valence electrons. The summed E-state index contributed by atoms with van der Waals surface area (Å²) in [5, 5.41) is 3.12. The molecule has 0 saturated heterocycles. The Bertz CT molecular complexity index is 330.